The van der Waals surface area contributed by atoms with Crippen LogP contribution in [0.3, 0.4) is 0 Å². The Morgan fingerprint density at radius 1 is 0.839 bits per heavy atom. The molecule has 162 valence electrons. The van der Waals surface area contributed by atoms with Gasteiger partial charge in [0, 0.05) is 16.6 Å². The highest BCUT2D eigenvalue weighted by Gasteiger charge is 2.29. The molecule has 0 saturated heterocycles. The topological polar surface area (TPSA) is 66.5 Å². The van der Waals surface area contributed by atoms with Gasteiger partial charge in [-0.25, -0.2) is 8.42 Å². The molecule has 31 heavy (non-hydrogen) atoms. The third kappa shape index (κ3) is 6.13. The number of nitrogens with zero attached hydrogens (tertiary/aromatic N) is 1. The summed E-state index contributed by atoms with van der Waals surface area (Å²) in [5.74, 6) is -0.596. The number of rotatable bonds is 7. The molecular weight excluding hydrogens is 502 g/mol. The summed E-state index contributed by atoms with van der Waals surface area (Å²) in [6.07, 6.45) is 0. The molecule has 3 rings (SSSR count). The van der Waals surface area contributed by atoms with Crippen molar-refractivity contribution in [1.29, 1.82) is 0 Å². The summed E-state index contributed by atoms with van der Waals surface area (Å²) in [6, 6.07) is 17.6. The van der Waals surface area contributed by atoms with E-state index < -0.39 is 22.5 Å². The minimum atomic E-state index is -4.16. The van der Waals surface area contributed by atoms with Gasteiger partial charge in [0.25, 0.3) is 0 Å². The molecule has 0 fully saturated rings. The van der Waals surface area contributed by atoms with E-state index in [0.717, 1.165) is 4.31 Å². The normalized spacial score (nSPS) is 11.5. The third-order valence-corrected chi connectivity index (χ3v) is 7.31. The lowest BCUT2D eigenvalue weighted by atomic mass is 10.2. The van der Waals surface area contributed by atoms with Gasteiger partial charge >= 0.3 is 0 Å². The highest BCUT2D eigenvalue weighted by atomic mass is 35.5. The van der Waals surface area contributed by atoms with Gasteiger partial charge in [0.15, 0.2) is 0 Å². The van der Waals surface area contributed by atoms with Crippen molar-refractivity contribution in [3.8, 4) is 0 Å². The largest absolute Gasteiger partial charge is 0.324 e. The molecule has 0 aromatic heterocycles. The number of carbonyl (C=O) groups excluding carboxylic acids is 1. The Hall–Kier alpha value is -1.80. The number of benzene rings is 3. The average Bonchev–Trinajstić information content (AvgIpc) is 2.72. The minimum Gasteiger partial charge on any atom is -0.324 e. The Morgan fingerprint density at radius 3 is 2.13 bits per heavy atom. The van der Waals surface area contributed by atoms with E-state index in [2.05, 4.69) is 5.32 Å². The number of carbonyl (C=O) groups is 1. The zero-order valence-electron chi connectivity index (χ0n) is 15.9. The first-order valence-corrected chi connectivity index (χ1v) is 11.9. The number of hydrogen-bond acceptors (Lipinski definition) is 3. The molecule has 10 heteroatoms. The van der Waals surface area contributed by atoms with Gasteiger partial charge in [-0.05, 0) is 42.0 Å². The van der Waals surface area contributed by atoms with E-state index in [-0.39, 0.29) is 32.2 Å². The van der Waals surface area contributed by atoms with Crippen LogP contribution in [0.1, 0.15) is 5.56 Å². The lowest BCUT2D eigenvalue weighted by Gasteiger charge is -2.23. The molecule has 0 aliphatic carbocycles. The molecule has 1 N–H and O–H groups in total. The van der Waals surface area contributed by atoms with E-state index in [1.807, 2.05) is 6.07 Å². The van der Waals surface area contributed by atoms with Gasteiger partial charge in [-0.15, -0.1) is 0 Å². The summed E-state index contributed by atoms with van der Waals surface area (Å²) < 4.78 is 27.8. The molecule has 0 bridgehead atoms. The van der Waals surface area contributed by atoms with E-state index in [1.165, 1.54) is 30.3 Å². The first-order chi connectivity index (χ1) is 14.7. The molecule has 0 aliphatic heterocycles. The van der Waals surface area contributed by atoms with Crippen LogP contribution in [0.25, 0.3) is 0 Å². The fraction of sp³-hybridized carbons (Fsp3) is 0.0952. The molecule has 3 aromatic rings. The second kappa shape index (κ2) is 10.2. The van der Waals surface area contributed by atoms with Gasteiger partial charge in [-0.2, -0.15) is 4.31 Å². The molecule has 0 saturated carbocycles. The Morgan fingerprint density at radius 2 is 1.45 bits per heavy atom. The Bertz CT molecular complexity index is 1200. The molecule has 1 amide bonds. The van der Waals surface area contributed by atoms with Crippen LogP contribution in [0.15, 0.2) is 71.6 Å². The molecule has 0 heterocycles. The second-order valence-electron chi connectivity index (χ2n) is 6.51. The van der Waals surface area contributed by atoms with Gasteiger partial charge in [0.2, 0.25) is 15.9 Å². The predicted molar refractivity (Wildman–Crippen MR) is 126 cm³/mol. The van der Waals surface area contributed by atoms with Crippen LogP contribution >= 0.6 is 46.4 Å². The average molecular weight is 518 g/mol. The standard InChI is InChI=1S/C21H16Cl4N2O3S/c22-15-6-8-17(24)19(10-15)26-21(28)13-27(12-14-4-2-1-3-5-14)31(29,30)20-11-16(23)7-9-18(20)25/h1-11H,12-13H2,(H,26,28). The fourth-order valence-electron chi connectivity index (χ4n) is 2.77. The van der Waals surface area contributed by atoms with Crippen LogP contribution in [0, 0.1) is 0 Å². The molecule has 0 spiro atoms. The van der Waals surface area contributed by atoms with Crippen molar-refractivity contribution >= 4 is 68.0 Å². The highest BCUT2D eigenvalue weighted by Crippen LogP contribution is 2.29. The van der Waals surface area contributed by atoms with Crippen LogP contribution in [0.2, 0.25) is 20.1 Å². The Kier molecular flexibility index (Phi) is 7.86. The van der Waals surface area contributed by atoms with E-state index in [9.17, 15) is 13.2 Å². The molecule has 0 unspecified atom stereocenters. The monoisotopic (exact) mass is 516 g/mol. The van der Waals surface area contributed by atoms with E-state index >= 15 is 0 Å². The molecule has 0 aliphatic rings. The van der Waals surface area contributed by atoms with Crippen LogP contribution < -0.4 is 5.32 Å². The van der Waals surface area contributed by atoms with Crippen molar-refractivity contribution in [1.82, 2.24) is 4.31 Å². The molecule has 5 nitrogen and oxygen atoms in total. The van der Waals surface area contributed by atoms with E-state index in [0.29, 0.717) is 10.6 Å². The lowest BCUT2D eigenvalue weighted by molar-refractivity contribution is -0.116. The maximum absolute atomic E-state index is 13.4. The summed E-state index contributed by atoms with van der Waals surface area (Å²) >= 11 is 24.2. The van der Waals surface area contributed by atoms with Crippen molar-refractivity contribution in [2.24, 2.45) is 0 Å². The Labute approximate surface area is 200 Å². The van der Waals surface area contributed by atoms with Crippen molar-refractivity contribution in [2.75, 3.05) is 11.9 Å². The number of sulfonamides is 1. The second-order valence-corrected chi connectivity index (χ2v) is 10.1. The maximum Gasteiger partial charge on any atom is 0.245 e. The van der Waals surface area contributed by atoms with Crippen LogP contribution in [-0.2, 0) is 21.4 Å². The van der Waals surface area contributed by atoms with Gasteiger partial charge < -0.3 is 5.32 Å². The summed E-state index contributed by atoms with van der Waals surface area (Å²) in [5.41, 5.74) is 0.967. The van der Waals surface area contributed by atoms with Crippen molar-refractivity contribution < 1.29 is 13.2 Å². The maximum atomic E-state index is 13.4. The van der Waals surface area contributed by atoms with Crippen LogP contribution in [0.4, 0.5) is 5.69 Å². The van der Waals surface area contributed by atoms with Crippen molar-refractivity contribution in [2.45, 2.75) is 11.4 Å². The molecule has 0 radical (unpaired) electrons. The summed E-state index contributed by atoms with van der Waals surface area (Å²) in [6.45, 7) is -0.536. The molecule has 0 atom stereocenters. The van der Waals surface area contributed by atoms with Crippen LogP contribution in [0.5, 0.6) is 0 Å². The van der Waals surface area contributed by atoms with Gasteiger partial charge in [0.05, 0.1) is 22.3 Å². The number of amides is 1. The molecular formula is C21H16Cl4N2O3S. The number of hydrogen-bond donors (Lipinski definition) is 1. The van der Waals surface area contributed by atoms with Crippen molar-refractivity contribution in [3.05, 3.63) is 92.4 Å². The van der Waals surface area contributed by atoms with Gasteiger partial charge in [-0.3, -0.25) is 4.79 Å². The minimum absolute atomic E-state index is 0.000700. The van der Waals surface area contributed by atoms with Gasteiger partial charge in [0.1, 0.15) is 4.90 Å². The summed E-state index contributed by atoms with van der Waals surface area (Å²) in [4.78, 5) is 12.5. The number of nitrogens with one attached hydrogen (secondary N) is 1. The lowest BCUT2D eigenvalue weighted by Crippen LogP contribution is -2.37. The summed E-state index contributed by atoms with van der Waals surface area (Å²) in [7, 11) is -4.16. The summed E-state index contributed by atoms with van der Waals surface area (Å²) in [5, 5.41) is 3.45. The molecule has 3 aromatic carbocycles. The first kappa shape index (κ1) is 23.9. The highest BCUT2D eigenvalue weighted by molar-refractivity contribution is 7.89. The van der Waals surface area contributed by atoms with E-state index in [1.54, 1.807) is 30.3 Å². The third-order valence-electron chi connectivity index (χ3n) is 4.24. The van der Waals surface area contributed by atoms with E-state index in [4.69, 9.17) is 46.4 Å². The quantitative estimate of drug-likeness (QED) is 0.410. The number of halogens is 4. The first-order valence-electron chi connectivity index (χ1n) is 8.91. The fourth-order valence-corrected chi connectivity index (χ4v) is 5.23. The SMILES string of the molecule is O=C(CN(Cc1ccccc1)S(=O)(=O)c1cc(Cl)ccc1Cl)Nc1cc(Cl)ccc1Cl. The predicted octanol–water partition coefficient (Wildman–Crippen LogP) is 6.13. The van der Waals surface area contributed by atoms with Crippen LogP contribution in [-0.4, -0.2) is 25.2 Å². The zero-order chi connectivity index (χ0) is 22.6. The number of anilines is 1. The van der Waals surface area contributed by atoms with Gasteiger partial charge in [-0.1, -0.05) is 76.7 Å². The zero-order valence-corrected chi connectivity index (χ0v) is 19.7. The van der Waals surface area contributed by atoms with Crippen molar-refractivity contribution in [3.63, 3.8) is 0 Å². The Balaban J connectivity index is 1.93. The smallest absolute Gasteiger partial charge is 0.245 e.